The molecule has 0 aliphatic heterocycles. The Balaban J connectivity index is 1.93. The standard InChI is InChI=1S/C21H26N2O3/c1-14(2)18-10-5-7-15(3)20(18)22-12-11-19(24)23-17-9-6-8-16(13-17)21(25)26-4/h5-10,13-14,22H,11-12H2,1-4H3,(H,23,24). The minimum atomic E-state index is -0.427. The van der Waals surface area contributed by atoms with Crippen LogP contribution in [-0.2, 0) is 9.53 Å². The van der Waals surface area contributed by atoms with Crippen molar-refractivity contribution in [3.8, 4) is 0 Å². The molecule has 0 fully saturated rings. The Morgan fingerprint density at radius 1 is 1.12 bits per heavy atom. The average Bonchev–Trinajstić information content (AvgIpc) is 2.62. The van der Waals surface area contributed by atoms with Crippen LogP contribution >= 0.6 is 0 Å². The number of carbonyl (C=O) groups is 2. The highest BCUT2D eigenvalue weighted by Gasteiger charge is 2.10. The van der Waals surface area contributed by atoms with E-state index < -0.39 is 5.97 Å². The van der Waals surface area contributed by atoms with Crippen LogP contribution in [0.4, 0.5) is 11.4 Å². The monoisotopic (exact) mass is 354 g/mol. The predicted molar refractivity (Wildman–Crippen MR) is 105 cm³/mol. The van der Waals surface area contributed by atoms with E-state index in [-0.39, 0.29) is 5.91 Å². The normalized spacial score (nSPS) is 10.5. The van der Waals surface area contributed by atoms with Crippen LogP contribution in [0.3, 0.4) is 0 Å². The number of carbonyl (C=O) groups excluding carboxylic acids is 2. The molecule has 5 heteroatoms. The summed E-state index contributed by atoms with van der Waals surface area (Å²) in [6, 6.07) is 12.9. The van der Waals surface area contributed by atoms with Gasteiger partial charge in [0, 0.05) is 24.3 Å². The van der Waals surface area contributed by atoms with Crippen molar-refractivity contribution in [2.75, 3.05) is 24.3 Å². The van der Waals surface area contributed by atoms with Gasteiger partial charge < -0.3 is 15.4 Å². The summed E-state index contributed by atoms with van der Waals surface area (Å²) in [7, 11) is 1.33. The van der Waals surface area contributed by atoms with Crippen LogP contribution in [0.2, 0.25) is 0 Å². The fraction of sp³-hybridized carbons (Fsp3) is 0.333. The van der Waals surface area contributed by atoms with E-state index in [1.54, 1.807) is 24.3 Å². The van der Waals surface area contributed by atoms with Gasteiger partial charge in [-0.2, -0.15) is 0 Å². The molecule has 0 bridgehead atoms. The Morgan fingerprint density at radius 2 is 1.85 bits per heavy atom. The summed E-state index contributed by atoms with van der Waals surface area (Å²) in [4.78, 5) is 23.7. The molecule has 0 spiro atoms. The largest absolute Gasteiger partial charge is 0.465 e. The van der Waals surface area contributed by atoms with E-state index in [0.29, 0.717) is 30.1 Å². The number of para-hydroxylation sites is 1. The first kappa shape index (κ1) is 19.5. The number of nitrogens with one attached hydrogen (secondary N) is 2. The van der Waals surface area contributed by atoms with Crippen LogP contribution < -0.4 is 10.6 Å². The van der Waals surface area contributed by atoms with Gasteiger partial charge in [-0.3, -0.25) is 4.79 Å². The summed E-state index contributed by atoms with van der Waals surface area (Å²) >= 11 is 0. The Hall–Kier alpha value is -2.82. The Morgan fingerprint density at radius 3 is 2.54 bits per heavy atom. The van der Waals surface area contributed by atoms with Crippen LogP contribution in [0.25, 0.3) is 0 Å². The summed E-state index contributed by atoms with van der Waals surface area (Å²) in [5, 5.41) is 6.20. The SMILES string of the molecule is COC(=O)c1cccc(NC(=O)CCNc2c(C)cccc2C(C)C)c1. The van der Waals surface area contributed by atoms with Crippen molar-refractivity contribution in [1.82, 2.24) is 0 Å². The Kier molecular flexibility index (Phi) is 6.78. The van der Waals surface area contributed by atoms with Gasteiger partial charge in [-0.1, -0.05) is 38.1 Å². The average molecular weight is 354 g/mol. The molecule has 1 amide bonds. The van der Waals surface area contributed by atoms with Crippen molar-refractivity contribution in [1.29, 1.82) is 0 Å². The third kappa shape index (κ3) is 5.09. The molecule has 2 N–H and O–H groups in total. The van der Waals surface area contributed by atoms with Crippen LogP contribution in [0.5, 0.6) is 0 Å². The fourth-order valence-corrected chi connectivity index (χ4v) is 2.78. The van der Waals surface area contributed by atoms with Gasteiger partial charge in [-0.15, -0.1) is 0 Å². The number of hydrogen-bond donors (Lipinski definition) is 2. The van der Waals surface area contributed by atoms with E-state index in [4.69, 9.17) is 4.74 Å². The molecule has 26 heavy (non-hydrogen) atoms. The van der Waals surface area contributed by atoms with Crippen molar-refractivity contribution in [3.63, 3.8) is 0 Å². The second-order valence-corrected chi connectivity index (χ2v) is 6.49. The molecule has 0 unspecified atom stereocenters. The number of hydrogen-bond acceptors (Lipinski definition) is 4. The topological polar surface area (TPSA) is 67.4 Å². The molecule has 2 rings (SSSR count). The number of aryl methyl sites for hydroxylation is 1. The molecule has 0 saturated heterocycles. The number of amides is 1. The van der Waals surface area contributed by atoms with Gasteiger partial charge >= 0.3 is 5.97 Å². The van der Waals surface area contributed by atoms with Crippen molar-refractivity contribution < 1.29 is 14.3 Å². The van der Waals surface area contributed by atoms with E-state index in [9.17, 15) is 9.59 Å². The second kappa shape index (κ2) is 9.04. The van der Waals surface area contributed by atoms with E-state index in [1.165, 1.54) is 18.2 Å². The summed E-state index contributed by atoms with van der Waals surface area (Å²) in [5.41, 5.74) is 4.50. The molecule has 138 valence electrons. The molecule has 0 heterocycles. The first-order valence-corrected chi connectivity index (χ1v) is 8.74. The number of esters is 1. The highest BCUT2D eigenvalue weighted by molar-refractivity contribution is 5.94. The quantitative estimate of drug-likeness (QED) is 0.726. The molecular formula is C21H26N2O3. The Bertz CT molecular complexity index is 785. The number of methoxy groups -OCH3 is 1. The van der Waals surface area contributed by atoms with Crippen LogP contribution in [-0.4, -0.2) is 25.5 Å². The third-order valence-corrected chi connectivity index (χ3v) is 4.15. The molecule has 0 radical (unpaired) electrons. The molecule has 0 aliphatic rings. The first-order valence-electron chi connectivity index (χ1n) is 8.74. The second-order valence-electron chi connectivity index (χ2n) is 6.49. The zero-order chi connectivity index (χ0) is 19.1. The lowest BCUT2D eigenvalue weighted by Crippen LogP contribution is -2.17. The van der Waals surface area contributed by atoms with Crippen LogP contribution in [0, 0.1) is 6.92 Å². The van der Waals surface area contributed by atoms with E-state index in [2.05, 4.69) is 49.6 Å². The maximum absolute atomic E-state index is 12.2. The zero-order valence-electron chi connectivity index (χ0n) is 15.8. The Labute approximate surface area is 154 Å². The lowest BCUT2D eigenvalue weighted by atomic mass is 9.98. The van der Waals surface area contributed by atoms with Gasteiger partial charge in [0.25, 0.3) is 0 Å². The summed E-state index contributed by atoms with van der Waals surface area (Å²) in [6.07, 6.45) is 0.328. The van der Waals surface area contributed by atoms with Gasteiger partial charge in [-0.25, -0.2) is 4.79 Å². The van der Waals surface area contributed by atoms with Crippen molar-refractivity contribution >= 4 is 23.3 Å². The summed E-state index contributed by atoms with van der Waals surface area (Å²) in [5.74, 6) is -0.130. The number of rotatable bonds is 7. The smallest absolute Gasteiger partial charge is 0.337 e. The molecule has 0 aliphatic carbocycles. The van der Waals surface area contributed by atoms with Gasteiger partial charge in [-0.05, 0) is 42.2 Å². The van der Waals surface area contributed by atoms with Gasteiger partial charge in [0.1, 0.15) is 0 Å². The molecule has 0 aromatic heterocycles. The minimum absolute atomic E-state index is 0.112. The highest BCUT2D eigenvalue weighted by Crippen LogP contribution is 2.27. The van der Waals surface area contributed by atoms with Crippen molar-refractivity contribution in [2.24, 2.45) is 0 Å². The molecule has 2 aromatic carbocycles. The minimum Gasteiger partial charge on any atom is -0.465 e. The lowest BCUT2D eigenvalue weighted by molar-refractivity contribution is -0.115. The molecule has 5 nitrogen and oxygen atoms in total. The number of benzene rings is 2. The fourth-order valence-electron chi connectivity index (χ4n) is 2.78. The van der Waals surface area contributed by atoms with Crippen molar-refractivity contribution in [3.05, 3.63) is 59.2 Å². The number of ether oxygens (including phenoxy) is 1. The maximum atomic E-state index is 12.2. The highest BCUT2D eigenvalue weighted by atomic mass is 16.5. The van der Waals surface area contributed by atoms with E-state index in [0.717, 1.165) is 5.69 Å². The van der Waals surface area contributed by atoms with Crippen molar-refractivity contribution in [2.45, 2.75) is 33.1 Å². The summed E-state index contributed by atoms with van der Waals surface area (Å²) < 4.78 is 4.69. The van der Waals surface area contributed by atoms with Gasteiger partial charge in [0.2, 0.25) is 5.91 Å². The maximum Gasteiger partial charge on any atom is 0.337 e. The van der Waals surface area contributed by atoms with Crippen LogP contribution in [0.15, 0.2) is 42.5 Å². The first-order chi connectivity index (χ1) is 12.4. The molecule has 0 atom stereocenters. The summed E-state index contributed by atoms with van der Waals surface area (Å²) in [6.45, 7) is 6.90. The molecular weight excluding hydrogens is 328 g/mol. The number of anilines is 2. The van der Waals surface area contributed by atoms with Crippen LogP contribution in [0.1, 0.15) is 47.7 Å². The molecule has 2 aromatic rings. The van der Waals surface area contributed by atoms with Gasteiger partial charge in [0.15, 0.2) is 0 Å². The van der Waals surface area contributed by atoms with E-state index in [1.807, 2.05) is 0 Å². The molecule has 0 saturated carbocycles. The lowest BCUT2D eigenvalue weighted by Gasteiger charge is -2.17. The predicted octanol–water partition coefficient (Wildman–Crippen LogP) is 4.35. The zero-order valence-corrected chi connectivity index (χ0v) is 15.8. The third-order valence-electron chi connectivity index (χ3n) is 4.15. The van der Waals surface area contributed by atoms with Gasteiger partial charge in [0.05, 0.1) is 12.7 Å². The van der Waals surface area contributed by atoms with E-state index >= 15 is 0 Å².